The fraction of sp³-hybridized carbons (Fsp3) is 0.526. The van der Waals surface area contributed by atoms with Gasteiger partial charge in [0, 0.05) is 12.6 Å². The third kappa shape index (κ3) is 6.30. The molecule has 0 bridgehead atoms. The van der Waals surface area contributed by atoms with Gasteiger partial charge in [-0.1, -0.05) is 19.9 Å². The minimum Gasteiger partial charge on any atom is -0.352 e. The molecule has 1 atom stereocenters. The zero-order chi connectivity index (χ0) is 20.7. The van der Waals surface area contributed by atoms with E-state index in [1.807, 2.05) is 0 Å². The number of benzene rings is 1. The second-order valence-corrected chi connectivity index (χ2v) is 6.87. The van der Waals surface area contributed by atoms with E-state index >= 15 is 0 Å². The molecule has 0 saturated heterocycles. The maximum Gasteiger partial charge on any atom is 0.257 e. The molecule has 0 aliphatic heterocycles. The number of halogens is 2. The summed E-state index contributed by atoms with van der Waals surface area (Å²) in [5.74, 6) is -4.19. The predicted octanol–water partition coefficient (Wildman–Crippen LogP) is 2.09. The van der Waals surface area contributed by atoms with Crippen molar-refractivity contribution in [1.82, 2.24) is 15.5 Å². The Morgan fingerprint density at radius 2 is 1.59 bits per heavy atom. The van der Waals surface area contributed by atoms with Crippen LogP contribution in [0.4, 0.5) is 8.78 Å². The Kier molecular flexibility index (Phi) is 8.33. The van der Waals surface area contributed by atoms with Crippen molar-refractivity contribution in [1.29, 1.82) is 0 Å². The van der Waals surface area contributed by atoms with Gasteiger partial charge < -0.3 is 15.5 Å². The van der Waals surface area contributed by atoms with E-state index in [4.69, 9.17) is 0 Å². The maximum atomic E-state index is 13.8. The highest BCUT2D eigenvalue weighted by Crippen LogP contribution is 2.14. The van der Waals surface area contributed by atoms with Gasteiger partial charge in [0.05, 0.1) is 6.54 Å². The molecule has 0 radical (unpaired) electrons. The first-order valence-corrected chi connectivity index (χ1v) is 8.91. The molecule has 0 spiro atoms. The van der Waals surface area contributed by atoms with E-state index in [-0.39, 0.29) is 31.0 Å². The molecule has 1 unspecified atom stereocenters. The molecule has 0 heterocycles. The van der Waals surface area contributed by atoms with Crippen molar-refractivity contribution in [2.75, 3.05) is 13.1 Å². The van der Waals surface area contributed by atoms with Crippen LogP contribution in [-0.2, 0) is 9.59 Å². The van der Waals surface area contributed by atoms with Gasteiger partial charge in [-0.2, -0.15) is 0 Å². The predicted molar refractivity (Wildman–Crippen MR) is 98.0 cm³/mol. The van der Waals surface area contributed by atoms with E-state index < -0.39 is 35.1 Å². The summed E-state index contributed by atoms with van der Waals surface area (Å²) in [5, 5.41) is 5.09. The van der Waals surface area contributed by atoms with Gasteiger partial charge >= 0.3 is 0 Å². The number of carbonyl (C=O) groups is 3. The quantitative estimate of drug-likeness (QED) is 0.722. The average Bonchev–Trinajstić information content (AvgIpc) is 2.55. The maximum absolute atomic E-state index is 13.8. The smallest absolute Gasteiger partial charge is 0.257 e. The van der Waals surface area contributed by atoms with Crippen molar-refractivity contribution >= 4 is 17.7 Å². The Balaban J connectivity index is 2.97. The van der Waals surface area contributed by atoms with Crippen LogP contribution in [0.5, 0.6) is 0 Å². The van der Waals surface area contributed by atoms with Crippen LogP contribution in [0.15, 0.2) is 18.2 Å². The number of carbonyl (C=O) groups excluding carboxylic acids is 3. The summed E-state index contributed by atoms with van der Waals surface area (Å²) >= 11 is 0. The molecule has 0 fully saturated rings. The lowest BCUT2D eigenvalue weighted by Gasteiger charge is -2.29. The Bertz CT molecular complexity index is 673. The van der Waals surface area contributed by atoms with E-state index in [1.165, 1.54) is 4.90 Å². The van der Waals surface area contributed by atoms with Gasteiger partial charge in [0.25, 0.3) is 5.91 Å². The van der Waals surface area contributed by atoms with E-state index in [0.717, 1.165) is 18.2 Å². The van der Waals surface area contributed by atoms with Crippen molar-refractivity contribution in [2.45, 2.75) is 46.7 Å². The molecule has 0 aliphatic carbocycles. The van der Waals surface area contributed by atoms with Crippen molar-refractivity contribution in [3.8, 4) is 0 Å². The van der Waals surface area contributed by atoms with Crippen LogP contribution in [0.25, 0.3) is 0 Å². The van der Waals surface area contributed by atoms with Crippen LogP contribution >= 0.6 is 0 Å². The number of hydrogen-bond donors (Lipinski definition) is 2. The molecule has 1 rings (SSSR count). The second kappa shape index (κ2) is 9.99. The Morgan fingerprint density at radius 1 is 1.04 bits per heavy atom. The van der Waals surface area contributed by atoms with Crippen LogP contribution in [0.2, 0.25) is 0 Å². The number of rotatable bonds is 8. The van der Waals surface area contributed by atoms with Gasteiger partial charge in [-0.3, -0.25) is 14.4 Å². The Morgan fingerprint density at radius 3 is 2.04 bits per heavy atom. The summed E-state index contributed by atoms with van der Waals surface area (Å²) in [4.78, 5) is 38.4. The minimum absolute atomic E-state index is 0.0732. The Labute approximate surface area is 158 Å². The van der Waals surface area contributed by atoms with Gasteiger partial charge in [0.15, 0.2) is 0 Å². The van der Waals surface area contributed by atoms with Crippen molar-refractivity contribution in [3.05, 3.63) is 35.4 Å². The van der Waals surface area contributed by atoms with Crippen molar-refractivity contribution < 1.29 is 23.2 Å². The summed E-state index contributed by atoms with van der Waals surface area (Å²) in [6.07, 6.45) is 0. The van der Waals surface area contributed by atoms with Gasteiger partial charge in [0.1, 0.15) is 23.2 Å². The van der Waals surface area contributed by atoms with Gasteiger partial charge in [-0.15, -0.1) is 0 Å². The molecule has 27 heavy (non-hydrogen) atoms. The summed E-state index contributed by atoms with van der Waals surface area (Å²) < 4.78 is 27.6. The molecule has 0 saturated carbocycles. The van der Waals surface area contributed by atoms with Gasteiger partial charge in [-0.05, 0) is 38.8 Å². The average molecular weight is 383 g/mol. The summed E-state index contributed by atoms with van der Waals surface area (Å²) in [7, 11) is 0. The first-order valence-electron chi connectivity index (χ1n) is 8.91. The number of hydrogen-bond acceptors (Lipinski definition) is 3. The number of amides is 3. The normalized spacial score (nSPS) is 12.0. The van der Waals surface area contributed by atoms with Crippen molar-refractivity contribution in [2.24, 2.45) is 5.92 Å². The zero-order valence-electron chi connectivity index (χ0n) is 16.3. The van der Waals surface area contributed by atoms with Gasteiger partial charge in [-0.25, -0.2) is 8.78 Å². The number of nitrogens with one attached hydrogen (secondary N) is 2. The second-order valence-electron chi connectivity index (χ2n) is 6.87. The molecule has 150 valence electrons. The first-order chi connectivity index (χ1) is 12.6. The molecule has 8 heteroatoms. The van der Waals surface area contributed by atoms with Crippen LogP contribution < -0.4 is 10.6 Å². The molecular formula is C19H27F2N3O3. The summed E-state index contributed by atoms with van der Waals surface area (Å²) in [6.45, 7) is 8.78. The topological polar surface area (TPSA) is 78.5 Å². The van der Waals surface area contributed by atoms with Crippen molar-refractivity contribution in [3.63, 3.8) is 0 Å². The molecule has 6 nitrogen and oxygen atoms in total. The lowest BCUT2D eigenvalue weighted by Crippen LogP contribution is -2.53. The molecule has 0 aliphatic rings. The fourth-order valence-corrected chi connectivity index (χ4v) is 2.52. The Hall–Kier alpha value is -2.51. The van der Waals surface area contributed by atoms with Gasteiger partial charge in [0.2, 0.25) is 11.8 Å². The zero-order valence-corrected chi connectivity index (χ0v) is 16.3. The molecule has 1 aromatic rings. The number of likely N-dealkylation sites (N-methyl/N-ethyl adjacent to an activating group) is 1. The van der Waals surface area contributed by atoms with Crippen LogP contribution in [0, 0.1) is 17.6 Å². The van der Waals surface area contributed by atoms with Crippen LogP contribution in [0.1, 0.15) is 45.0 Å². The lowest BCUT2D eigenvalue weighted by atomic mass is 10.0. The highest BCUT2D eigenvalue weighted by molar-refractivity contribution is 5.98. The molecule has 3 amide bonds. The van der Waals surface area contributed by atoms with Crippen LogP contribution in [0.3, 0.4) is 0 Å². The fourth-order valence-electron chi connectivity index (χ4n) is 2.52. The SMILES string of the molecule is CCN(CC(=O)NC(C)C)C(=O)C(NC(=O)c1c(F)cccc1F)C(C)C. The third-order valence-electron chi connectivity index (χ3n) is 3.89. The molecule has 2 N–H and O–H groups in total. The highest BCUT2D eigenvalue weighted by Gasteiger charge is 2.30. The van der Waals surface area contributed by atoms with Crippen LogP contribution in [-0.4, -0.2) is 47.8 Å². The third-order valence-corrected chi connectivity index (χ3v) is 3.89. The highest BCUT2D eigenvalue weighted by atomic mass is 19.1. The van der Waals surface area contributed by atoms with E-state index in [9.17, 15) is 23.2 Å². The molecule has 0 aromatic heterocycles. The summed E-state index contributed by atoms with van der Waals surface area (Å²) in [6, 6.07) is 2.00. The largest absolute Gasteiger partial charge is 0.352 e. The first kappa shape index (κ1) is 22.5. The molecule has 1 aromatic carbocycles. The summed E-state index contributed by atoms with van der Waals surface area (Å²) in [5.41, 5.74) is -0.739. The van der Waals surface area contributed by atoms with E-state index in [2.05, 4.69) is 10.6 Å². The standard InChI is InChI=1S/C19H27F2N3O3/c1-6-24(10-15(25)22-12(4)5)19(27)17(11(2)3)23-18(26)16-13(20)8-7-9-14(16)21/h7-9,11-12,17H,6,10H2,1-5H3,(H,22,25)(H,23,26). The monoisotopic (exact) mass is 383 g/mol. The van der Waals surface area contributed by atoms with E-state index in [0.29, 0.717) is 0 Å². The molecular weight excluding hydrogens is 356 g/mol. The van der Waals surface area contributed by atoms with E-state index in [1.54, 1.807) is 34.6 Å². The minimum atomic E-state index is -1.02. The number of nitrogens with zero attached hydrogens (tertiary/aromatic N) is 1. The lowest BCUT2D eigenvalue weighted by molar-refractivity contribution is -0.138.